The number of pyridine rings is 1. The fraction of sp³-hybridized carbons (Fsp3) is 0.250. The van der Waals surface area contributed by atoms with E-state index in [0.29, 0.717) is 53.6 Å². The monoisotopic (exact) mass is 526 g/mol. The molecule has 1 aliphatic heterocycles. The van der Waals surface area contributed by atoms with Gasteiger partial charge in [-0.1, -0.05) is 6.07 Å². The van der Waals surface area contributed by atoms with Gasteiger partial charge in [-0.15, -0.1) is 0 Å². The minimum Gasteiger partial charge on any atom is -0.382 e. The number of nitrogens with zero attached hydrogens (tertiary/aromatic N) is 5. The van der Waals surface area contributed by atoms with Crippen LogP contribution in [0.2, 0.25) is 0 Å². The molecule has 1 saturated heterocycles. The van der Waals surface area contributed by atoms with Crippen molar-refractivity contribution >= 4 is 39.5 Å². The van der Waals surface area contributed by atoms with E-state index in [1.807, 2.05) is 13.0 Å². The number of nitrogens with two attached hydrogens (primary N) is 1. The molecule has 11 nitrogen and oxygen atoms in total. The van der Waals surface area contributed by atoms with E-state index in [2.05, 4.69) is 30.6 Å². The zero-order valence-electron chi connectivity index (χ0n) is 20.1. The Hall–Kier alpha value is -3.78. The van der Waals surface area contributed by atoms with Crippen molar-refractivity contribution in [3.05, 3.63) is 66.0 Å². The van der Waals surface area contributed by atoms with Crippen LogP contribution in [0, 0.1) is 12.7 Å². The van der Waals surface area contributed by atoms with E-state index < -0.39 is 22.4 Å². The minimum absolute atomic E-state index is 0.00849. The van der Waals surface area contributed by atoms with Crippen molar-refractivity contribution in [1.29, 1.82) is 0 Å². The maximum absolute atomic E-state index is 15.1. The number of nitrogen functional groups attached to an aromatic ring is 1. The van der Waals surface area contributed by atoms with Crippen LogP contribution < -0.4 is 16.4 Å². The third-order valence-electron chi connectivity index (χ3n) is 6.20. The lowest BCUT2D eigenvalue weighted by atomic mass is 10.1. The predicted octanol–water partition coefficient (Wildman–Crippen LogP) is 4.03. The molecule has 0 atom stereocenters. The molecule has 0 saturated carbocycles. The van der Waals surface area contributed by atoms with Gasteiger partial charge in [0.05, 0.1) is 22.9 Å². The van der Waals surface area contributed by atoms with Crippen LogP contribution in [0.25, 0.3) is 16.6 Å². The van der Waals surface area contributed by atoms with Crippen molar-refractivity contribution in [3.63, 3.8) is 0 Å². The molecular weight excluding hydrogens is 499 g/mol. The van der Waals surface area contributed by atoms with Crippen molar-refractivity contribution in [1.82, 2.24) is 24.5 Å². The second-order valence-corrected chi connectivity index (χ2v) is 11.4. The first-order chi connectivity index (χ1) is 17.7. The maximum atomic E-state index is 15.1. The van der Waals surface area contributed by atoms with Crippen LogP contribution >= 0.6 is 10.6 Å². The van der Waals surface area contributed by atoms with Gasteiger partial charge in [-0.25, -0.2) is 23.7 Å². The summed E-state index contributed by atoms with van der Waals surface area (Å²) in [6.07, 6.45) is 2.93. The number of anilines is 3. The number of fused-ring (bicyclic) bond motifs is 1. The third kappa shape index (κ3) is 5.49. The fourth-order valence-electron chi connectivity index (χ4n) is 4.28. The number of rotatable bonds is 5. The summed E-state index contributed by atoms with van der Waals surface area (Å²) in [5, 5.41) is 9.44. The Morgan fingerprint density at radius 2 is 1.92 bits per heavy atom. The van der Waals surface area contributed by atoms with E-state index in [-0.39, 0.29) is 11.5 Å². The summed E-state index contributed by atoms with van der Waals surface area (Å²) in [6, 6.07) is 9.26. The first-order valence-electron chi connectivity index (χ1n) is 11.6. The maximum Gasteiger partial charge on any atom is 0.324 e. The molecule has 0 unspecified atom stereocenters. The Morgan fingerprint density at radius 3 is 2.65 bits per heavy atom. The van der Waals surface area contributed by atoms with E-state index in [4.69, 9.17) is 5.73 Å². The van der Waals surface area contributed by atoms with Gasteiger partial charge in [0.2, 0.25) is 0 Å². The molecule has 0 radical (unpaired) electrons. The summed E-state index contributed by atoms with van der Waals surface area (Å²) in [5.74, 6) is 0.636. The second-order valence-electron chi connectivity index (χ2n) is 8.93. The van der Waals surface area contributed by atoms with Crippen LogP contribution in [0.5, 0.6) is 0 Å². The zero-order valence-corrected chi connectivity index (χ0v) is 20.9. The quantitative estimate of drug-likeness (QED) is 0.261. The average molecular weight is 527 g/mol. The smallest absolute Gasteiger partial charge is 0.324 e. The molecule has 0 aliphatic carbocycles. The molecule has 1 fully saturated rings. The Balaban J connectivity index is 1.39. The third-order valence-corrected chi connectivity index (χ3v) is 7.87. The second kappa shape index (κ2) is 9.94. The first-order valence-corrected chi connectivity index (χ1v) is 13.4. The largest absolute Gasteiger partial charge is 0.382 e. The summed E-state index contributed by atoms with van der Waals surface area (Å²) in [4.78, 5) is 22.6. The van der Waals surface area contributed by atoms with Crippen molar-refractivity contribution in [2.24, 2.45) is 0 Å². The summed E-state index contributed by atoms with van der Waals surface area (Å²) in [6.45, 7) is 3.46. The lowest BCUT2D eigenvalue weighted by molar-refractivity contribution is 0.262. The summed E-state index contributed by atoms with van der Waals surface area (Å²) in [5.41, 5.74) is 9.66. The number of carbonyl (C=O) groups excluding carboxylic acids is 1. The van der Waals surface area contributed by atoms with Crippen molar-refractivity contribution < 1.29 is 18.3 Å². The van der Waals surface area contributed by atoms with Gasteiger partial charge in [0.1, 0.15) is 23.5 Å². The standard InChI is InChI=1S/C24H27FN8O3S/c1-15-4-5-27-21(10-15)31-24(34)30-20-3-2-16(11-19(20)25)18-12-17(33-22(18)23(26)28-14-29-33)13-32-6-8-37(35,36)9-7-32/h2-5,10-12,14,35-36H,6-9,13H2,1H3,(H2,26,28,29)(H2,27,30,31,34). The molecule has 4 aromatic rings. The normalized spacial score (nSPS) is 16.4. The Kier molecular flexibility index (Phi) is 6.69. The van der Waals surface area contributed by atoms with Crippen LogP contribution in [0.1, 0.15) is 11.3 Å². The highest BCUT2D eigenvalue weighted by Gasteiger charge is 2.24. The van der Waals surface area contributed by atoms with Crippen molar-refractivity contribution in [2.75, 3.05) is 41.0 Å². The van der Waals surface area contributed by atoms with E-state index in [0.717, 1.165) is 11.3 Å². The number of hydrogen-bond donors (Lipinski definition) is 5. The van der Waals surface area contributed by atoms with Gasteiger partial charge in [0, 0.05) is 31.4 Å². The molecule has 37 heavy (non-hydrogen) atoms. The van der Waals surface area contributed by atoms with E-state index in [9.17, 15) is 13.9 Å². The predicted molar refractivity (Wildman–Crippen MR) is 142 cm³/mol. The topological polar surface area (TPSA) is 154 Å². The van der Waals surface area contributed by atoms with Gasteiger partial charge >= 0.3 is 6.03 Å². The highest BCUT2D eigenvalue weighted by molar-refractivity contribution is 8.24. The molecule has 0 bridgehead atoms. The molecule has 194 valence electrons. The molecule has 6 N–H and O–H groups in total. The fourth-order valence-corrected chi connectivity index (χ4v) is 5.58. The number of urea groups is 1. The van der Waals surface area contributed by atoms with Crippen LogP contribution in [0.3, 0.4) is 0 Å². The molecule has 2 amide bonds. The van der Waals surface area contributed by atoms with E-state index in [1.54, 1.807) is 28.9 Å². The summed E-state index contributed by atoms with van der Waals surface area (Å²) in [7, 11) is -2.51. The van der Waals surface area contributed by atoms with Crippen LogP contribution in [0.4, 0.5) is 26.5 Å². The van der Waals surface area contributed by atoms with Gasteiger partial charge < -0.3 is 11.1 Å². The van der Waals surface area contributed by atoms with Crippen LogP contribution in [-0.2, 0) is 6.54 Å². The Labute approximate surface area is 213 Å². The Bertz CT molecular complexity index is 1470. The summed E-state index contributed by atoms with van der Waals surface area (Å²) >= 11 is 0. The van der Waals surface area contributed by atoms with Gasteiger partial charge in [-0.2, -0.15) is 15.7 Å². The lowest BCUT2D eigenvalue weighted by Gasteiger charge is -2.40. The number of nitrogens with one attached hydrogen (secondary N) is 2. The van der Waals surface area contributed by atoms with Gasteiger partial charge in [0.25, 0.3) is 0 Å². The number of halogens is 1. The zero-order chi connectivity index (χ0) is 26.2. The molecule has 1 aliphatic rings. The van der Waals surface area contributed by atoms with Crippen LogP contribution in [0.15, 0.2) is 48.9 Å². The Morgan fingerprint density at radius 1 is 1.14 bits per heavy atom. The average Bonchev–Trinajstić information content (AvgIpc) is 3.21. The van der Waals surface area contributed by atoms with Gasteiger partial charge in [-0.3, -0.25) is 19.3 Å². The summed E-state index contributed by atoms with van der Waals surface area (Å²) < 4.78 is 36.6. The first kappa shape index (κ1) is 24.9. The molecule has 0 spiro atoms. The number of benzene rings is 1. The number of carbonyl (C=O) groups is 1. The number of aryl methyl sites for hydroxylation is 1. The van der Waals surface area contributed by atoms with E-state index in [1.165, 1.54) is 18.5 Å². The van der Waals surface area contributed by atoms with E-state index >= 15 is 4.39 Å². The highest BCUT2D eigenvalue weighted by Crippen LogP contribution is 2.41. The molecule has 3 aromatic heterocycles. The number of hydrogen-bond acceptors (Lipinski definition) is 8. The van der Waals surface area contributed by atoms with Gasteiger partial charge in [0.15, 0.2) is 5.82 Å². The molecule has 5 rings (SSSR count). The molecule has 13 heteroatoms. The lowest BCUT2D eigenvalue weighted by Crippen LogP contribution is -2.38. The number of aromatic nitrogens is 4. The highest BCUT2D eigenvalue weighted by atomic mass is 32.3. The van der Waals surface area contributed by atoms with Crippen LogP contribution in [-0.4, -0.2) is 64.2 Å². The van der Waals surface area contributed by atoms with Gasteiger partial charge in [-0.05, 0) is 48.4 Å². The van der Waals surface area contributed by atoms with Crippen molar-refractivity contribution in [3.8, 4) is 11.1 Å². The molecule has 4 heterocycles. The number of amides is 2. The molecule has 1 aromatic carbocycles. The minimum atomic E-state index is -2.51. The van der Waals surface area contributed by atoms with Crippen molar-refractivity contribution in [2.45, 2.75) is 13.5 Å². The molecular formula is C24H27FN8O3S. The SMILES string of the molecule is Cc1ccnc(NC(=O)Nc2ccc(-c3cc(CN4CCS(O)(O)CC4)n4ncnc(N)c34)cc2F)c1.